The van der Waals surface area contributed by atoms with Crippen LogP contribution in [0.3, 0.4) is 0 Å². The molecule has 0 unspecified atom stereocenters. The molecule has 158 valence electrons. The predicted molar refractivity (Wildman–Crippen MR) is 127 cm³/mol. The van der Waals surface area contributed by atoms with Crippen LogP contribution in [0.15, 0.2) is 48.5 Å². The average Bonchev–Trinajstić information content (AvgIpc) is 3.17. The van der Waals surface area contributed by atoms with Crippen molar-refractivity contribution in [2.75, 3.05) is 19.7 Å². The quantitative estimate of drug-likeness (QED) is 0.478. The van der Waals surface area contributed by atoms with E-state index in [0.29, 0.717) is 12.5 Å². The van der Waals surface area contributed by atoms with Crippen LogP contribution in [0, 0.1) is 12.8 Å². The van der Waals surface area contributed by atoms with Crippen LogP contribution in [0.5, 0.6) is 11.5 Å². The lowest BCUT2D eigenvalue weighted by atomic mass is 9.87. The van der Waals surface area contributed by atoms with Gasteiger partial charge in [-0.3, -0.25) is 4.98 Å². The van der Waals surface area contributed by atoms with Gasteiger partial charge in [-0.1, -0.05) is 18.2 Å². The zero-order chi connectivity index (χ0) is 20.8. The van der Waals surface area contributed by atoms with Gasteiger partial charge in [0.15, 0.2) is 11.5 Å². The second-order valence-corrected chi connectivity index (χ2v) is 9.87. The number of hydrogen-bond acceptors (Lipinski definition) is 5. The molecule has 2 aromatic carbocycles. The van der Waals surface area contributed by atoms with Crippen LogP contribution < -0.4 is 14.8 Å². The largest absolute Gasteiger partial charge is 0.486 e. The number of aromatic nitrogens is 1. The molecule has 31 heavy (non-hydrogen) atoms. The molecule has 0 saturated heterocycles. The third-order valence-corrected chi connectivity index (χ3v) is 7.77. The SMILES string of the molecule is Cc1ccc2c3c(ccc2n1)OC[C@H](CNC[C@@H]1CCc2sc4ccccc4c2C1)O3. The van der Waals surface area contributed by atoms with Crippen molar-refractivity contribution >= 4 is 32.3 Å². The third kappa shape index (κ3) is 3.56. The van der Waals surface area contributed by atoms with E-state index in [2.05, 4.69) is 40.6 Å². The molecule has 1 aliphatic carbocycles. The molecule has 1 aliphatic heterocycles. The summed E-state index contributed by atoms with van der Waals surface area (Å²) in [7, 11) is 0. The Hall–Kier alpha value is -2.63. The molecule has 2 aliphatic rings. The van der Waals surface area contributed by atoms with E-state index in [0.717, 1.165) is 41.2 Å². The van der Waals surface area contributed by atoms with Crippen molar-refractivity contribution in [3.05, 3.63) is 64.7 Å². The summed E-state index contributed by atoms with van der Waals surface area (Å²) in [5.41, 5.74) is 3.55. The molecule has 2 atom stereocenters. The molecule has 0 spiro atoms. The standard InChI is InChI=1S/C26H26N2O2S/c1-16-6-8-20-22(28-16)9-10-23-26(20)30-18(15-29-23)14-27-13-17-7-11-25-21(12-17)19-4-2-3-5-24(19)31-25/h2-6,8-10,17-18,27H,7,11-15H2,1H3/t17-,18+/m1/s1. The minimum atomic E-state index is 0.0144. The fourth-order valence-corrected chi connectivity index (χ4v) is 6.15. The van der Waals surface area contributed by atoms with E-state index in [9.17, 15) is 0 Å². The summed E-state index contributed by atoms with van der Waals surface area (Å²) < 4.78 is 13.8. The van der Waals surface area contributed by atoms with Crippen LogP contribution >= 0.6 is 11.3 Å². The van der Waals surface area contributed by atoms with E-state index in [1.807, 2.05) is 36.5 Å². The summed E-state index contributed by atoms with van der Waals surface area (Å²) in [5.74, 6) is 2.32. The Labute approximate surface area is 186 Å². The van der Waals surface area contributed by atoms with Crippen molar-refractivity contribution in [1.29, 1.82) is 0 Å². The van der Waals surface area contributed by atoms with Crippen molar-refractivity contribution in [1.82, 2.24) is 10.3 Å². The molecule has 0 amide bonds. The van der Waals surface area contributed by atoms with Gasteiger partial charge >= 0.3 is 0 Å². The van der Waals surface area contributed by atoms with Crippen molar-refractivity contribution in [3.63, 3.8) is 0 Å². The maximum Gasteiger partial charge on any atom is 0.171 e. The van der Waals surface area contributed by atoms with Crippen LogP contribution in [0.25, 0.3) is 21.0 Å². The minimum Gasteiger partial charge on any atom is -0.486 e. The molecule has 1 N–H and O–H groups in total. The predicted octanol–water partition coefficient (Wildman–Crippen LogP) is 5.29. The molecule has 4 aromatic rings. The summed E-state index contributed by atoms with van der Waals surface area (Å²) in [5, 5.41) is 6.15. The first-order valence-electron chi connectivity index (χ1n) is 11.1. The van der Waals surface area contributed by atoms with Gasteiger partial charge in [-0.05, 0) is 79.9 Å². The molecule has 0 saturated carbocycles. The Morgan fingerprint density at radius 1 is 1.06 bits per heavy atom. The van der Waals surface area contributed by atoms with Gasteiger partial charge in [0.05, 0.1) is 5.52 Å². The van der Waals surface area contributed by atoms with Crippen LogP contribution in [0.4, 0.5) is 0 Å². The van der Waals surface area contributed by atoms with E-state index in [4.69, 9.17) is 9.47 Å². The number of benzene rings is 2. The number of pyridine rings is 1. The molecule has 6 rings (SSSR count). The number of aryl methyl sites for hydroxylation is 2. The maximum absolute atomic E-state index is 6.35. The highest BCUT2D eigenvalue weighted by atomic mass is 32.1. The maximum atomic E-state index is 6.35. The highest BCUT2D eigenvalue weighted by molar-refractivity contribution is 7.19. The van der Waals surface area contributed by atoms with Crippen molar-refractivity contribution in [2.24, 2.45) is 5.92 Å². The van der Waals surface area contributed by atoms with Crippen molar-refractivity contribution in [3.8, 4) is 11.5 Å². The van der Waals surface area contributed by atoms with Gasteiger partial charge in [0, 0.05) is 27.2 Å². The summed E-state index contributed by atoms with van der Waals surface area (Å²) in [6, 6.07) is 16.9. The first-order chi connectivity index (χ1) is 15.2. The Bertz CT molecular complexity index is 1270. The normalized spacial score (nSPS) is 20.2. The van der Waals surface area contributed by atoms with Gasteiger partial charge in [-0.25, -0.2) is 0 Å². The summed E-state index contributed by atoms with van der Waals surface area (Å²) >= 11 is 1.98. The lowest BCUT2D eigenvalue weighted by Gasteiger charge is -2.29. The van der Waals surface area contributed by atoms with Gasteiger partial charge in [0.25, 0.3) is 0 Å². The van der Waals surface area contributed by atoms with E-state index >= 15 is 0 Å². The van der Waals surface area contributed by atoms with E-state index in [1.54, 1.807) is 10.4 Å². The van der Waals surface area contributed by atoms with Crippen LogP contribution in [0.2, 0.25) is 0 Å². The zero-order valence-corrected chi connectivity index (χ0v) is 18.5. The smallest absolute Gasteiger partial charge is 0.171 e. The fraction of sp³-hybridized carbons (Fsp3) is 0.346. The molecule has 3 heterocycles. The number of thiophene rings is 1. The van der Waals surface area contributed by atoms with Gasteiger partial charge in [0.2, 0.25) is 0 Å². The molecule has 0 bridgehead atoms. The van der Waals surface area contributed by atoms with Crippen LogP contribution in [0.1, 0.15) is 22.6 Å². The van der Waals surface area contributed by atoms with E-state index < -0.39 is 0 Å². The molecule has 0 fully saturated rings. The lowest BCUT2D eigenvalue weighted by Crippen LogP contribution is -2.40. The van der Waals surface area contributed by atoms with Gasteiger partial charge < -0.3 is 14.8 Å². The van der Waals surface area contributed by atoms with Gasteiger partial charge in [0.1, 0.15) is 12.7 Å². The molecule has 4 nitrogen and oxygen atoms in total. The summed E-state index contributed by atoms with van der Waals surface area (Å²) in [6.07, 6.45) is 3.65. The summed E-state index contributed by atoms with van der Waals surface area (Å²) in [6.45, 7) is 4.40. The zero-order valence-electron chi connectivity index (χ0n) is 17.7. The molecular weight excluding hydrogens is 404 g/mol. The van der Waals surface area contributed by atoms with Crippen molar-refractivity contribution in [2.45, 2.75) is 32.3 Å². The molecule has 2 aromatic heterocycles. The highest BCUT2D eigenvalue weighted by Crippen LogP contribution is 2.39. The molecule has 0 radical (unpaired) electrons. The summed E-state index contributed by atoms with van der Waals surface area (Å²) in [4.78, 5) is 6.21. The van der Waals surface area contributed by atoms with Crippen molar-refractivity contribution < 1.29 is 9.47 Å². The second kappa shape index (κ2) is 7.81. The Morgan fingerprint density at radius 2 is 2.00 bits per heavy atom. The monoisotopic (exact) mass is 430 g/mol. The number of fused-ring (bicyclic) bond motifs is 6. The highest BCUT2D eigenvalue weighted by Gasteiger charge is 2.25. The van der Waals surface area contributed by atoms with E-state index in [-0.39, 0.29) is 6.10 Å². The number of ether oxygens (including phenoxy) is 2. The first kappa shape index (κ1) is 19.1. The number of hydrogen-bond donors (Lipinski definition) is 1. The minimum absolute atomic E-state index is 0.0144. The molecule has 5 heteroatoms. The lowest BCUT2D eigenvalue weighted by molar-refractivity contribution is 0.0915. The third-order valence-electron chi connectivity index (χ3n) is 6.49. The topological polar surface area (TPSA) is 43.4 Å². The number of nitrogens with one attached hydrogen (secondary N) is 1. The first-order valence-corrected chi connectivity index (χ1v) is 12.0. The number of nitrogens with zero attached hydrogens (tertiary/aromatic N) is 1. The van der Waals surface area contributed by atoms with Gasteiger partial charge in [-0.15, -0.1) is 11.3 Å². The Morgan fingerprint density at radius 3 is 2.97 bits per heavy atom. The van der Waals surface area contributed by atoms with E-state index in [1.165, 1.54) is 29.3 Å². The van der Waals surface area contributed by atoms with Crippen LogP contribution in [-0.2, 0) is 12.8 Å². The Kier molecular flexibility index (Phi) is 4.81. The van der Waals surface area contributed by atoms with Gasteiger partial charge in [-0.2, -0.15) is 0 Å². The average molecular weight is 431 g/mol. The Balaban J connectivity index is 1.10. The fourth-order valence-electron chi connectivity index (χ4n) is 4.90. The number of rotatable bonds is 4. The van der Waals surface area contributed by atoms with Crippen LogP contribution in [-0.4, -0.2) is 30.8 Å². The molecular formula is C26H26N2O2S. The second-order valence-electron chi connectivity index (χ2n) is 8.73.